The Bertz CT molecular complexity index is 859. The fourth-order valence-electron chi connectivity index (χ4n) is 2.29. The normalized spacial score (nSPS) is 10.7. The zero-order valence-corrected chi connectivity index (χ0v) is 14.3. The van der Waals surface area contributed by atoms with Crippen LogP contribution in [-0.4, -0.2) is 20.9 Å². The van der Waals surface area contributed by atoms with E-state index < -0.39 is 5.97 Å². The molecule has 0 spiro atoms. The van der Waals surface area contributed by atoms with Crippen LogP contribution in [0.4, 0.5) is 0 Å². The average Bonchev–Trinajstić information content (AvgIpc) is 2.88. The molecule has 0 aliphatic rings. The highest BCUT2D eigenvalue weighted by Gasteiger charge is 2.13. The summed E-state index contributed by atoms with van der Waals surface area (Å²) < 4.78 is 2.55. The largest absolute Gasteiger partial charge is 0.481 e. The molecular weight excluding hydrogens is 380 g/mol. The number of aliphatic carboxylic acids is 1. The molecule has 1 aromatic heterocycles. The minimum Gasteiger partial charge on any atom is -0.481 e. The first-order valence-corrected chi connectivity index (χ1v) is 8.02. The summed E-state index contributed by atoms with van der Waals surface area (Å²) in [5.74, 6) is -0.934. The maximum absolute atomic E-state index is 10.8. The standard InChI is InChI=1S/C17H12BrClN2O2/c18-14-3-1-2-12(8-14)11-4-6-15(7-5-11)21-17(19)13(10-20-21)9-16(22)23/h1-8,10H,9H2,(H,22,23). The van der Waals surface area contributed by atoms with Gasteiger partial charge in [0.05, 0.1) is 18.3 Å². The fourth-order valence-corrected chi connectivity index (χ4v) is 2.95. The second-order valence-electron chi connectivity index (χ2n) is 5.00. The van der Waals surface area contributed by atoms with E-state index in [9.17, 15) is 4.79 Å². The number of benzene rings is 2. The number of aromatic nitrogens is 2. The summed E-state index contributed by atoms with van der Waals surface area (Å²) in [6, 6.07) is 15.8. The van der Waals surface area contributed by atoms with Crippen LogP contribution in [-0.2, 0) is 11.2 Å². The Kier molecular flexibility index (Phi) is 4.50. The van der Waals surface area contributed by atoms with E-state index in [1.807, 2.05) is 48.5 Å². The van der Waals surface area contributed by atoms with Gasteiger partial charge >= 0.3 is 5.97 Å². The second-order valence-corrected chi connectivity index (χ2v) is 6.27. The van der Waals surface area contributed by atoms with E-state index >= 15 is 0 Å². The Morgan fingerprint density at radius 2 is 1.91 bits per heavy atom. The van der Waals surface area contributed by atoms with Crippen LogP contribution in [0.3, 0.4) is 0 Å². The molecule has 3 aromatic rings. The average molecular weight is 392 g/mol. The van der Waals surface area contributed by atoms with Crippen LogP contribution in [0.25, 0.3) is 16.8 Å². The van der Waals surface area contributed by atoms with Gasteiger partial charge in [-0.1, -0.05) is 51.8 Å². The Balaban J connectivity index is 1.91. The number of carbonyl (C=O) groups is 1. The quantitative estimate of drug-likeness (QED) is 0.708. The summed E-state index contributed by atoms with van der Waals surface area (Å²) in [5, 5.41) is 13.3. The van der Waals surface area contributed by atoms with Crippen molar-refractivity contribution in [2.24, 2.45) is 0 Å². The van der Waals surface area contributed by atoms with Crippen molar-refractivity contribution in [3.63, 3.8) is 0 Å². The summed E-state index contributed by atoms with van der Waals surface area (Å²) in [6.07, 6.45) is 1.34. The van der Waals surface area contributed by atoms with Gasteiger partial charge in [0, 0.05) is 10.0 Å². The predicted molar refractivity (Wildman–Crippen MR) is 93.0 cm³/mol. The smallest absolute Gasteiger partial charge is 0.307 e. The van der Waals surface area contributed by atoms with Crippen LogP contribution in [0.1, 0.15) is 5.56 Å². The number of rotatable bonds is 4. The first-order valence-electron chi connectivity index (χ1n) is 6.85. The van der Waals surface area contributed by atoms with Gasteiger partial charge in [-0.25, -0.2) is 4.68 Å². The van der Waals surface area contributed by atoms with E-state index in [0.29, 0.717) is 10.7 Å². The second kappa shape index (κ2) is 6.56. The molecule has 2 aromatic carbocycles. The molecule has 1 N–H and O–H groups in total. The van der Waals surface area contributed by atoms with Gasteiger partial charge in [-0.2, -0.15) is 5.10 Å². The van der Waals surface area contributed by atoms with E-state index in [2.05, 4.69) is 21.0 Å². The summed E-state index contributed by atoms with van der Waals surface area (Å²) in [7, 11) is 0. The topological polar surface area (TPSA) is 55.1 Å². The summed E-state index contributed by atoms with van der Waals surface area (Å²) >= 11 is 9.67. The molecule has 3 rings (SSSR count). The SMILES string of the molecule is O=C(O)Cc1cnn(-c2ccc(-c3cccc(Br)c3)cc2)c1Cl. The van der Waals surface area contributed by atoms with Crippen LogP contribution < -0.4 is 0 Å². The zero-order valence-electron chi connectivity index (χ0n) is 11.9. The number of hydrogen-bond donors (Lipinski definition) is 1. The Morgan fingerprint density at radius 3 is 2.57 bits per heavy atom. The number of hydrogen-bond acceptors (Lipinski definition) is 2. The molecule has 0 bridgehead atoms. The number of nitrogens with zero attached hydrogens (tertiary/aromatic N) is 2. The van der Waals surface area contributed by atoms with Gasteiger partial charge in [0.25, 0.3) is 0 Å². The van der Waals surface area contributed by atoms with E-state index in [1.165, 1.54) is 10.9 Å². The Morgan fingerprint density at radius 1 is 1.17 bits per heavy atom. The van der Waals surface area contributed by atoms with Crippen LogP contribution >= 0.6 is 27.5 Å². The first-order chi connectivity index (χ1) is 11.0. The molecule has 0 radical (unpaired) electrons. The summed E-state index contributed by atoms with van der Waals surface area (Å²) in [6.45, 7) is 0. The maximum atomic E-state index is 10.8. The third-order valence-electron chi connectivity index (χ3n) is 3.39. The lowest BCUT2D eigenvalue weighted by Crippen LogP contribution is -2.00. The van der Waals surface area contributed by atoms with Crippen LogP contribution in [0.15, 0.2) is 59.2 Å². The molecule has 1 heterocycles. The molecule has 0 aliphatic heterocycles. The predicted octanol–water partition coefficient (Wildman–Crippen LogP) is 4.58. The molecule has 4 nitrogen and oxygen atoms in total. The molecule has 23 heavy (non-hydrogen) atoms. The molecule has 0 saturated carbocycles. The van der Waals surface area contributed by atoms with E-state index in [1.54, 1.807) is 0 Å². The molecule has 0 atom stereocenters. The highest BCUT2D eigenvalue weighted by Crippen LogP contribution is 2.26. The van der Waals surface area contributed by atoms with Crippen LogP contribution in [0.5, 0.6) is 0 Å². The third kappa shape index (κ3) is 3.46. The van der Waals surface area contributed by atoms with Gasteiger partial charge in [-0.3, -0.25) is 4.79 Å². The zero-order chi connectivity index (χ0) is 16.4. The number of halogens is 2. The molecular formula is C17H12BrClN2O2. The summed E-state index contributed by atoms with van der Waals surface area (Å²) in [5.41, 5.74) is 3.45. The van der Waals surface area contributed by atoms with Crippen LogP contribution in [0.2, 0.25) is 5.15 Å². The van der Waals surface area contributed by atoms with Crippen molar-refractivity contribution < 1.29 is 9.90 Å². The lowest BCUT2D eigenvalue weighted by atomic mass is 10.1. The Hall–Kier alpha value is -2.11. The molecule has 6 heteroatoms. The maximum Gasteiger partial charge on any atom is 0.307 e. The minimum absolute atomic E-state index is 0.144. The van der Waals surface area contributed by atoms with Gasteiger partial charge in [0.1, 0.15) is 5.15 Å². The van der Waals surface area contributed by atoms with Crippen molar-refractivity contribution in [2.45, 2.75) is 6.42 Å². The van der Waals surface area contributed by atoms with Crippen molar-refractivity contribution in [1.29, 1.82) is 0 Å². The molecule has 0 aliphatic carbocycles. The molecule has 116 valence electrons. The molecule has 0 unspecified atom stereocenters. The highest BCUT2D eigenvalue weighted by molar-refractivity contribution is 9.10. The van der Waals surface area contributed by atoms with Crippen molar-refractivity contribution in [3.05, 3.63) is 69.9 Å². The highest BCUT2D eigenvalue weighted by atomic mass is 79.9. The van der Waals surface area contributed by atoms with E-state index in [4.69, 9.17) is 16.7 Å². The molecule has 0 amide bonds. The van der Waals surface area contributed by atoms with Gasteiger partial charge in [0.15, 0.2) is 0 Å². The summed E-state index contributed by atoms with van der Waals surface area (Å²) in [4.78, 5) is 10.8. The Labute approximate surface area is 146 Å². The van der Waals surface area contributed by atoms with Crippen molar-refractivity contribution in [3.8, 4) is 16.8 Å². The monoisotopic (exact) mass is 390 g/mol. The lowest BCUT2D eigenvalue weighted by Gasteiger charge is -2.06. The van der Waals surface area contributed by atoms with Crippen molar-refractivity contribution >= 4 is 33.5 Å². The third-order valence-corrected chi connectivity index (χ3v) is 4.29. The van der Waals surface area contributed by atoms with Gasteiger partial charge < -0.3 is 5.11 Å². The number of carboxylic acids is 1. The van der Waals surface area contributed by atoms with Crippen molar-refractivity contribution in [2.75, 3.05) is 0 Å². The van der Waals surface area contributed by atoms with Gasteiger partial charge in [-0.05, 0) is 35.4 Å². The van der Waals surface area contributed by atoms with Crippen LogP contribution in [0, 0.1) is 0 Å². The first kappa shape index (κ1) is 15.8. The fraction of sp³-hybridized carbons (Fsp3) is 0.0588. The molecule has 0 saturated heterocycles. The van der Waals surface area contributed by atoms with Gasteiger partial charge in [0.2, 0.25) is 0 Å². The molecule has 0 fully saturated rings. The van der Waals surface area contributed by atoms with Gasteiger partial charge in [-0.15, -0.1) is 0 Å². The van der Waals surface area contributed by atoms with E-state index in [0.717, 1.165) is 21.3 Å². The van der Waals surface area contributed by atoms with Crippen molar-refractivity contribution in [1.82, 2.24) is 9.78 Å². The minimum atomic E-state index is -0.934. The van der Waals surface area contributed by atoms with E-state index in [-0.39, 0.29) is 6.42 Å². The number of carboxylic acid groups (broad SMARTS) is 1. The lowest BCUT2D eigenvalue weighted by molar-refractivity contribution is -0.136.